The number of hydrogen-bond donors (Lipinski definition) is 2. The van der Waals surface area contributed by atoms with E-state index < -0.39 is 0 Å². The predicted octanol–water partition coefficient (Wildman–Crippen LogP) is 5.76. The van der Waals surface area contributed by atoms with Gasteiger partial charge >= 0.3 is 0 Å². The molecule has 6 nitrogen and oxygen atoms in total. The molecule has 0 fully saturated rings. The number of rotatable bonds is 15. The Bertz CT molecular complexity index is 994. The van der Waals surface area contributed by atoms with E-state index in [2.05, 4.69) is 29.4 Å². The van der Waals surface area contributed by atoms with Crippen LogP contribution in [0, 0.1) is 27.7 Å². The summed E-state index contributed by atoms with van der Waals surface area (Å²) in [4.78, 5) is 27.8. The molecular formula is C30H47N4O2S+. The maximum Gasteiger partial charge on any atom is 0.279 e. The average molecular weight is 528 g/mol. The fourth-order valence-electron chi connectivity index (χ4n) is 4.98. The number of likely N-dealkylation sites (N-methyl/N-ethyl adjacent to an activating group) is 1. The van der Waals surface area contributed by atoms with Crippen LogP contribution in [0.2, 0.25) is 0 Å². The number of amides is 2. The summed E-state index contributed by atoms with van der Waals surface area (Å²) in [5.41, 5.74) is 6.19. The average Bonchev–Trinajstić information content (AvgIpc) is 2.82. The Morgan fingerprint density at radius 2 is 1.24 bits per heavy atom. The van der Waals surface area contributed by atoms with Gasteiger partial charge in [0, 0.05) is 23.0 Å². The van der Waals surface area contributed by atoms with E-state index in [0.29, 0.717) is 13.1 Å². The number of nitrogens with zero attached hydrogens (tertiary/aromatic N) is 2. The molecular weight excluding hydrogens is 480 g/mol. The number of carbonyl (C=O) groups excluding carboxylic acids is 2. The maximum atomic E-state index is 13.2. The van der Waals surface area contributed by atoms with Crippen molar-refractivity contribution in [2.45, 2.75) is 54.4 Å². The van der Waals surface area contributed by atoms with Crippen LogP contribution in [0.3, 0.4) is 0 Å². The van der Waals surface area contributed by atoms with Crippen molar-refractivity contribution in [1.29, 1.82) is 0 Å². The second kappa shape index (κ2) is 15.2. The molecule has 204 valence electrons. The third-order valence-electron chi connectivity index (χ3n) is 6.80. The van der Waals surface area contributed by atoms with Crippen molar-refractivity contribution in [2.24, 2.45) is 0 Å². The first-order valence-corrected chi connectivity index (χ1v) is 14.6. The molecule has 2 aromatic carbocycles. The lowest BCUT2D eigenvalue weighted by molar-refractivity contribution is -0.918. The van der Waals surface area contributed by atoms with Gasteiger partial charge in [0.25, 0.3) is 5.91 Å². The van der Waals surface area contributed by atoms with Gasteiger partial charge in [-0.15, -0.1) is 11.8 Å². The third kappa shape index (κ3) is 9.80. The summed E-state index contributed by atoms with van der Waals surface area (Å²) >= 11 is 1.83. The highest BCUT2D eigenvalue weighted by atomic mass is 32.2. The van der Waals surface area contributed by atoms with Gasteiger partial charge in [0.1, 0.15) is 0 Å². The van der Waals surface area contributed by atoms with Gasteiger partial charge < -0.3 is 15.1 Å². The topological polar surface area (TPSA) is 61.4 Å². The van der Waals surface area contributed by atoms with Crippen molar-refractivity contribution in [3.8, 4) is 0 Å². The second-order valence-corrected chi connectivity index (χ2v) is 11.4. The van der Waals surface area contributed by atoms with E-state index >= 15 is 0 Å². The highest BCUT2D eigenvalue weighted by molar-refractivity contribution is 7.99. The highest BCUT2D eigenvalue weighted by Gasteiger charge is 2.29. The second-order valence-electron chi connectivity index (χ2n) is 10.4. The molecule has 0 aromatic heterocycles. The Morgan fingerprint density at radius 3 is 1.70 bits per heavy atom. The summed E-state index contributed by atoms with van der Waals surface area (Å²) in [5, 5.41) is 6.26. The zero-order valence-corrected chi connectivity index (χ0v) is 24.8. The number of quaternary nitrogens is 1. The molecule has 0 bridgehead atoms. The maximum absolute atomic E-state index is 13.2. The van der Waals surface area contributed by atoms with E-state index in [1.807, 2.05) is 82.9 Å². The van der Waals surface area contributed by atoms with Gasteiger partial charge in [0.05, 0.1) is 26.2 Å². The largest absolute Gasteiger partial charge is 0.324 e. The Morgan fingerprint density at radius 1 is 0.784 bits per heavy atom. The van der Waals surface area contributed by atoms with Crippen LogP contribution in [0.5, 0.6) is 0 Å². The van der Waals surface area contributed by atoms with Crippen molar-refractivity contribution in [2.75, 3.05) is 62.0 Å². The number of anilines is 2. The van der Waals surface area contributed by atoms with Crippen LogP contribution in [0.15, 0.2) is 36.4 Å². The number of benzene rings is 2. The molecule has 0 aliphatic carbocycles. The first kappa shape index (κ1) is 30.9. The van der Waals surface area contributed by atoms with Crippen molar-refractivity contribution in [3.63, 3.8) is 0 Å². The predicted molar refractivity (Wildman–Crippen MR) is 159 cm³/mol. The molecule has 0 heterocycles. The molecule has 2 N–H and O–H groups in total. The van der Waals surface area contributed by atoms with Crippen LogP contribution in [0.4, 0.5) is 11.4 Å². The Hall–Kier alpha value is -2.35. The van der Waals surface area contributed by atoms with Gasteiger partial charge in [0.15, 0.2) is 6.54 Å². The van der Waals surface area contributed by atoms with E-state index in [0.717, 1.165) is 82.2 Å². The third-order valence-corrected chi connectivity index (χ3v) is 7.90. The van der Waals surface area contributed by atoms with E-state index in [-0.39, 0.29) is 11.8 Å². The lowest BCUT2D eigenvalue weighted by Gasteiger charge is -2.38. The Kier molecular flexibility index (Phi) is 12.6. The zero-order valence-electron chi connectivity index (χ0n) is 23.9. The van der Waals surface area contributed by atoms with E-state index in [1.54, 1.807) is 0 Å². The first-order valence-electron chi connectivity index (χ1n) is 13.4. The number of aryl methyl sites for hydroxylation is 4. The first-order chi connectivity index (χ1) is 17.6. The molecule has 0 atom stereocenters. The number of carbonyl (C=O) groups is 2. The smallest absolute Gasteiger partial charge is 0.279 e. The highest BCUT2D eigenvalue weighted by Crippen LogP contribution is 2.21. The van der Waals surface area contributed by atoms with E-state index in [1.165, 1.54) is 0 Å². The van der Waals surface area contributed by atoms with Crippen molar-refractivity contribution >= 4 is 35.0 Å². The van der Waals surface area contributed by atoms with Gasteiger partial charge in [-0.3, -0.25) is 14.5 Å². The molecule has 0 radical (unpaired) electrons. The molecule has 0 saturated heterocycles. The van der Waals surface area contributed by atoms with Crippen molar-refractivity contribution in [3.05, 3.63) is 58.7 Å². The summed E-state index contributed by atoms with van der Waals surface area (Å²) < 4.78 is 0.799. The van der Waals surface area contributed by atoms with Crippen LogP contribution in [0.25, 0.3) is 0 Å². The quantitative estimate of drug-likeness (QED) is 0.176. The molecule has 0 spiro atoms. The van der Waals surface area contributed by atoms with Crippen molar-refractivity contribution in [1.82, 2.24) is 4.90 Å². The summed E-state index contributed by atoms with van der Waals surface area (Å²) in [6.07, 6.45) is 2.08. The normalized spacial score (nSPS) is 11.6. The van der Waals surface area contributed by atoms with Crippen LogP contribution in [-0.4, -0.2) is 72.6 Å². The van der Waals surface area contributed by atoms with Crippen LogP contribution in [-0.2, 0) is 9.59 Å². The van der Waals surface area contributed by atoms with Gasteiger partial charge in [-0.05, 0) is 69.8 Å². The molecule has 7 heteroatoms. The molecule has 37 heavy (non-hydrogen) atoms. The summed E-state index contributed by atoms with van der Waals surface area (Å²) in [6, 6.07) is 12.1. The molecule has 0 saturated carbocycles. The lowest BCUT2D eigenvalue weighted by Crippen LogP contribution is -2.54. The van der Waals surface area contributed by atoms with E-state index in [9.17, 15) is 9.59 Å². The summed E-state index contributed by atoms with van der Waals surface area (Å²) in [5.74, 6) is 1.81. The minimum atomic E-state index is 0.00534. The standard InChI is InChI=1S/C30H46N4O2S/c1-8-16-34(17-9-2,21-28(36)32-30-25(5)14-11-15-26(30)6)18-19-37-22-33(7)20-27(35)31-29-23(3)12-10-13-24(29)4/h10-15H,8-9,16-22H2,1-7H3,(H-,31,32,35,36)/p+1. The number of nitrogens with one attached hydrogen (secondary N) is 2. The zero-order chi connectivity index (χ0) is 27.4. The molecule has 2 aromatic rings. The lowest BCUT2D eigenvalue weighted by atomic mass is 10.1. The van der Waals surface area contributed by atoms with Crippen molar-refractivity contribution < 1.29 is 14.1 Å². The molecule has 0 aliphatic rings. The Labute approximate surface area is 228 Å². The monoisotopic (exact) mass is 527 g/mol. The summed E-state index contributed by atoms with van der Waals surface area (Å²) in [6.45, 7) is 16.3. The fraction of sp³-hybridized carbons (Fsp3) is 0.533. The minimum absolute atomic E-state index is 0.00534. The molecule has 2 rings (SSSR count). The molecule has 2 amide bonds. The molecule has 0 aliphatic heterocycles. The van der Waals surface area contributed by atoms with Gasteiger partial charge in [-0.1, -0.05) is 50.2 Å². The number of para-hydroxylation sites is 2. The Balaban J connectivity index is 1.90. The minimum Gasteiger partial charge on any atom is -0.324 e. The van der Waals surface area contributed by atoms with Crippen LogP contribution in [0.1, 0.15) is 48.9 Å². The SMILES string of the molecule is CCC[N+](CCC)(CCSCN(C)CC(=O)Nc1c(C)cccc1C)CC(=O)Nc1c(C)cccc1C. The molecule has 0 unspecified atom stereocenters. The van der Waals surface area contributed by atoms with Gasteiger partial charge in [0.2, 0.25) is 5.91 Å². The number of hydrogen-bond acceptors (Lipinski definition) is 4. The van der Waals surface area contributed by atoms with Gasteiger partial charge in [-0.2, -0.15) is 0 Å². The fourth-order valence-corrected chi connectivity index (χ4v) is 6.02. The number of thioether (sulfide) groups is 1. The van der Waals surface area contributed by atoms with Gasteiger partial charge in [-0.25, -0.2) is 0 Å². The van der Waals surface area contributed by atoms with Crippen LogP contribution < -0.4 is 10.6 Å². The van der Waals surface area contributed by atoms with Crippen LogP contribution >= 0.6 is 11.8 Å². The van der Waals surface area contributed by atoms with E-state index in [4.69, 9.17) is 0 Å². The summed E-state index contributed by atoms with van der Waals surface area (Å²) in [7, 11) is 1.98.